The van der Waals surface area contributed by atoms with E-state index < -0.39 is 17.4 Å². The van der Waals surface area contributed by atoms with Crippen molar-refractivity contribution in [3.63, 3.8) is 0 Å². The maximum atomic E-state index is 12.2. The van der Waals surface area contributed by atoms with Crippen LogP contribution in [0.25, 0.3) is 22.3 Å². The fourth-order valence-electron chi connectivity index (χ4n) is 8.47. The molecular formula is C52H72O7. The Morgan fingerprint density at radius 1 is 0.678 bits per heavy atom. The zero-order chi connectivity index (χ0) is 42.8. The molecule has 0 amide bonds. The van der Waals surface area contributed by atoms with Crippen LogP contribution in [-0.4, -0.2) is 55.2 Å². The maximum Gasteiger partial charge on any atom is 0.333 e. The van der Waals surface area contributed by atoms with E-state index in [1.807, 2.05) is 0 Å². The van der Waals surface area contributed by atoms with E-state index in [4.69, 9.17) is 14.2 Å². The number of carbonyl (C=O) groups is 2. The van der Waals surface area contributed by atoms with E-state index in [0.29, 0.717) is 62.2 Å². The molecule has 0 spiro atoms. The molecule has 0 radical (unpaired) electrons. The van der Waals surface area contributed by atoms with Gasteiger partial charge in [-0.1, -0.05) is 102 Å². The molecule has 7 heteroatoms. The number of carbonyl (C=O) groups excluding carboxylic acids is 2. The molecule has 0 saturated heterocycles. The fourth-order valence-corrected chi connectivity index (χ4v) is 8.47. The normalized spacial score (nSPS) is 15.4. The molecule has 59 heavy (non-hydrogen) atoms. The lowest BCUT2D eigenvalue weighted by Crippen LogP contribution is -2.32. The van der Waals surface area contributed by atoms with Gasteiger partial charge < -0.3 is 24.4 Å². The van der Waals surface area contributed by atoms with Crippen LogP contribution in [0.2, 0.25) is 0 Å². The zero-order valence-corrected chi connectivity index (χ0v) is 36.8. The Morgan fingerprint density at radius 3 is 1.75 bits per heavy atom. The molecule has 1 saturated carbocycles. The Bertz CT molecular complexity index is 1760. The summed E-state index contributed by atoms with van der Waals surface area (Å²) < 4.78 is 17.6. The number of benzene rings is 3. The minimum atomic E-state index is -0.629. The molecule has 0 aliphatic heterocycles. The number of esters is 2. The Balaban J connectivity index is 1.68. The van der Waals surface area contributed by atoms with E-state index in [1.54, 1.807) is 13.8 Å². The minimum Gasteiger partial charge on any atom is -0.493 e. The Kier molecular flexibility index (Phi) is 19.4. The second kappa shape index (κ2) is 24.2. The number of hydrogen-bond donors (Lipinski definition) is 2. The molecule has 0 atom stereocenters. The highest BCUT2D eigenvalue weighted by molar-refractivity contribution is 5.87. The van der Waals surface area contributed by atoms with Gasteiger partial charge >= 0.3 is 11.9 Å². The monoisotopic (exact) mass is 809 g/mol. The van der Waals surface area contributed by atoms with Gasteiger partial charge in [-0.25, -0.2) is 9.59 Å². The van der Waals surface area contributed by atoms with Gasteiger partial charge in [-0.05, 0) is 153 Å². The number of ether oxygens (including phenoxy) is 3. The third-order valence-electron chi connectivity index (χ3n) is 12.3. The predicted molar refractivity (Wildman–Crippen MR) is 241 cm³/mol. The smallest absolute Gasteiger partial charge is 0.333 e. The Morgan fingerprint density at radius 2 is 1.24 bits per heavy atom. The maximum absolute atomic E-state index is 12.2. The standard InChI is InChI=1S/C52H72O7/c1-8-11-27-52(35-53,36-54)28-31-57-49-45(15-12-29-58-50(55)37(4)5)33-47(34-46(49)16-13-30-59-51(56)38(6)7)48-26-25-44(32-40(48)10-3)43-23-21-42(22-24-43)41-19-17-39(14-9-2)18-20-41/h21-26,32-34,39,41,53-54H,4,6,8-20,27-31,35-36H2,1-3,5,7H3. The average Bonchev–Trinajstić information content (AvgIpc) is 3.25. The van der Waals surface area contributed by atoms with E-state index in [1.165, 1.54) is 60.8 Å². The van der Waals surface area contributed by atoms with Gasteiger partial charge in [-0.2, -0.15) is 0 Å². The molecule has 3 aromatic carbocycles. The SMILES string of the molecule is C=C(C)C(=O)OCCCc1cc(-c2ccc(-c3ccc(C4CCC(CCC)CC4)cc3)cc2CC)cc(CCCOC(=O)C(=C)C)c1OCCC(CO)(CO)CCCC. The summed E-state index contributed by atoms with van der Waals surface area (Å²) in [5.41, 5.74) is 9.40. The second-order valence-electron chi connectivity index (χ2n) is 17.0. The van der Waals surface area contributed by atoms with Gasteiger partial charge in [0.2, 0.25) is 0 Å². The van der Waals surface area contributed by atoms with Crippen molar-refractivity contribution in [2.75, 3.05) is 33.0 Å². The molecule has 0 aromatic heterocycles. The predicted octanol–water partition coefficient (Wildman–Crippen LogP) is 11.7. The number of aliphatic hydroxyl groups excluding tert-OH is 2. The van der Waals surface area contributed by atoms with Crippen molar-refractivity contribution in [3.8, 4) is 28.0 Å². The Hall–Kier alpha value is -4.20. The van der Waals surface area contributed by atoms with Gasteiger partial charge in [0.05, 0.1) is 33.0 Å². The molecule has 3 aromatic rings. The van der Waals surface area contributed by atoms with Gasteiger partial charge in [0.25, 0.3) is 0 Å². The first-order chi connectivity index (χ1) is 28.5. The van der Waals surface area contributed by atoms with Crippen LogP contribution in [0, 0.1) is 11.3 Å². The molecule has 0 bridgehead atoms. The van der Waals surface area contributed by atoms with Crippen LogP contribution in [0.15, 0.2) is 78.9 Å². The van der Waals surface area contributed by atoms with Crippen molar-refractivity contribution in [2.45, 2.75) is 137 Å². The van der Waals surface area contributed by atoms with Gasteiger partial charge in [0, 0.05) is 16.6 Å². The van der Waals surface area contributed by atoms with E-state index >= 15 is 0 Å². The summed E-state index contributed by atoms with van der Waals surface area (Å²) in [4.78, 5) is 24.4. The van der Waals surface area contributed by atoms with Crippen LogP contribution in [0.1, 0.15) is 140 Å². The van der Waals surface area contributed by atoms with Gasteiger partial charge in [0.1, 0.15) is 5.75 Å². The number of hydrogen-bond acceptors (Lipinski definition) is 7. The summed E-state index contributed by atoms with van der Waals surface area (Å²) in [5.74, 6) is 1.49. The van der Waals surface area contributed by atoms with Crippen molar-refractivity contribution in [1.82, 2.24) is 0 Å². The molecule has 322 valence electrons. The van der Waals surface area contributed by atoms with Crippen LogP contribution in [0.4, 0.5) is 0 Å². The van der Waals surface area contributed by atoms with E-state index in [0.717, 1.165) is 53.2 Å². The molecule has 1 fully saturated rings. The third kappa shape index (κ3) is 13.9. The molecule has 0 unspecified atom stereocenters. The highest BCUT2D eigenvalue weighted by atomic mass is 16.5. The summed E-state index contributed by atoms with van der Waals surface area (Å²) >= 11 is 0. The summed E-state index contributed by atoms with van der Waals surface area (Å²) in [5, 5.41) is 20.7. The summed E-state index contributed by atoms with van der Waals surface area (Å²) in [7, 11) is 0. The molecule has 2 N–H and O–H groups in total. The summed E-state index contributed by atoms with van der Waals surface area (Å²) in [6, 6.07) is 20.4. The van der Waals surface area contributed by atoms with Gasteiger partial charge in [0.15, 0.2) is 0 Å². The number of aryl methyl sites for hydroxylation is 3. The molecule has 1 aliphatic rings. The molecule has 1 aliphatic carbocycles. The van der Waals surface area contributed by atoms with Crippen LogP contribution >= 0.6 is 0 Å². The number of rotatable bonds is 25. The first kappa shape index (κ1) is 47.5. The van der Waals surface area contributed by atoms with Crippen molar-refractivity contribution in [3.05, 3.63) is 101 Å². The Labute approximate surface area is 355 Å². The minimum absolute atomic E-state index is 0.117. The average molecular weight is 809 g/mol. The largest absolute Gasteiger partial charge is 0.493 e. The highest BCUT2D eigenvalue weighted by Crippen LogP contribution is 2.40. The van der Waals surface area contributed by atoms with Crippen LogP contribution in [0.5, 0.6) is 5.75 Å². The molecular weight excluding hydrogens is 737 g/mol. The van der Waals surface area contributed by atoms with Gasteiger partial charge in [-0.3, -0.25) is 0 Å². The van der Waals surface area contributed by atoms with Crippen molar-refractivity contribution < 1.29 is 34.0 Å². The van der Waals surface area contributed by atoms with Crippen molar-refractivity contribution >= 4 is 11.9 Å². The number of aliphatic hydroxyl groups is 2. The quantitative estimate of drug-likeness (QED) is 0.0499. The second-order valence-corrected chi connectivity index (χ2v) is 17.0. The van der Waals surface area contributed by atoms with Crippen LogP contribution in [0.3, 0.4) is 0 Å². The van der Waals surface area contributed by atoms with Crippen molar-refractivity contribution in [2.24, 2.45) is 11.3 Å². The molecule has 4 rings (SSSR count). The summed E-state index contributed by atoms with van der Waals surface area (Å²) in [6.45, 7) is 17.9. The molecule has 0 heterocycles. The van der Waals surface area contributed by atoms with E-state index in [-0.39, 0.29) is 26.4 Å². The highest BCUT2D eigenvalue weighted by Gasteiger charge is 2.29. The topological polar surface area (TPSA) is 102 Å². The first-order valence-electron chi connectivity index (χ1n) is 22.4. The lowest BCUT2D eigenvalue weighted by atomic mass is 9.77. The first-order valence-corrected chi connectivity index (χ1v) is 22.4. The van der Waals surface area contributed by atoms with Crippen molar-refractivity contribution in [1.29, 1.82) is 0 Å². The van der Waals surface area contributed by atoms with E-state index in [9.17, 15) is 19.8 Å². The lowest BCUT2D eigenvalue weighted by Gasteiger charge is -2.30. The van der Waals surface area contributed by atoms with E-state index in [2.05, 4.69) is 88.5 Å². The molecule has 7 nitrogen and oxygen atoms in total. The van der Waals surface area contributed by atoms with Gasteiger partial charge in [-0.15, -0.1) is 0 Å². The van der Waals surface area contributed by atoms with Crippen LogP contribution < -0.4 is 4.74 Å². The zero-order valence-electron chi connectivity index (χ0n) is 36.8. The van der Waals surface area contributed by atoms with Crippen LogP contribution in [-0.2, 0) is 38.3 Å². The number of unbranched alkanes of at least 4 members (excludes halogenated alkanes) is 1. The third-order valence-corrected chi connectivity index (χ3v) is 12.3. The lowest BCUT2D eigenvalue weighted by molar-refractivity contribution is -0.139. The summed E-state index contributed by atoms with van der Waals surface area (Å²) in [6.07, 6.45) is 14.2. The fraction of sp³-hybridized carbons (Fsp3) is 0.538.